The zero-order valence-corrected chi connectivity index (χ0v) is 12.9. The molecule has 0 aliphatic rings. The molecule has 20 heavy (non-hydrogen) atoms. The summed E-state index contributed by atoms with van der Waals surface area (Å²) >= 11 is 1.64. The van der Waals surface area contributed by atoms with Crippen LogP contribution in [0, 0.1) is 0 Å². The summed E-state index contributed by atoms with van der Waals surface area (Å²) in [5, 5.41) is 0.978. The summed E-state index contributed by atoms with van der Waals surface area (Å²) < 4.78 is 10.9. The molecule has 1 heterocycles. The van der Waals surface area contributed by atoms with Crippen molar-refractivity contribution >= 4 is 11.3 Å². The van der Waals surface area contributed by atoms with E-state index in [4.69, 9.17) is 15.2 Å². The molecule has 2 aromatic rings. The minimum Gasteiger partial charge on any atom is -0.493 e. The van der Waals surface area contributed by atoms with Gasteiger partial charge in [-0.15, -0.1) is 11.3 Å². The molecule has 4 nitrogen and oxygen atoms in total. The van der Waals surface area contributed by atoms with Gasteiger partial charge in [-0.25, -0.2) is 4.98 Å². The van der Waals surface area contributed by atoms with E-state index in [0.717, 1.165) is 39.1 Å². The average Bonchev–Trinajstić information content (AvgIpc) is 2.91. The predicted molar refractivity (Wildman–Crippen MR) is 82.5 cm³/mol. The van der Waals surface area contributed by atoms with Crippen LogP contribution in [0.4, 0.5) is 0 Å². The second-order valence-electron chi connectivity index (χ2n) is 4.25. The lowest BCUT2D eigenvalue weighted by atomic mass is 10.2. The number of hydrogen-bond donors (Lipinski definition) is 1. The van der Waals surface area contributed by atoms with Crippen LogP contribution < -0.4 is 15.2 Å². The third-order valence-electron chi connectivity index (χ3n) is 3.01. The van der Waals surface area contributed by atoms with Crippen molar-refractivity contribution < 1.29 is 9.47 Å². The van der Waals surface area contributed by atoms with Crippen LogP contribution in [0.3, 0.4) is 0 Å². The number of thiazole rings is 1. The normalized spacial score (nSPS) is 10.6. The standard InChI is InChI=1S/C15H20N2O2S/c1-4-11-14(9-16)20-15(17-11)10-6-7-12(18-3)13(8-10)19-5-2/h6-8H,4-5,9,16H2,1-3H3. The lowest BCUT2D eigenvalue weighted by Crippen LogP contribution is -1.97. The zero-order chi connectivity index (χ0) is 14.5. The monoisotopic (exact) mass is 292 g/mol. The molecule has 5 heteroatoms. The maximum Gasteiger partial charge on any atom is 0.161 e. The molecule has 0 atom stereocenters. The van der Waals surface area contributed by atoms with Crippen molar-refractivity contribution in [3.05, 3.63) is 28.8 Å². The summed E-state index contributed by atoms with van der Waals surface area (Å²) in [6.45, 7) is 5.19. The second-order valence-corrected chi connectivity index (χ2v) is 5.33. The molecule has 0 saturated heterocycles. The van der Waals surface area contributed by atoms with Gasteiger partial charge in [-0.2, -0.15) is 0 Å². The van der Waals surface area contributed by atoms with Crippen molar-refractivity contribution in [2.75, 3.05) is 13.7 Å². The molecule has 1 aromatic heterocycles. The number of ether oxygens (including phenoxy) is 2. The van der Waals surface area contributed by atoms with Crippen molar-refractivity contribution in [3.8, 4) is 22.1 Å². The molecule has 0 aliphatic heterocycles. The van der Waals surface area contributed by atoms with Crippen LogP contribution in [-0.2, 0) is 13.0 Å². The van der Waals surface area contributed by atoms with Crippen LogP contribution in [0.25, 0.3) is 10.6 Å². The SMILES string of the molecule is CCOc1cc(-c2nc(CC)c(CN)s2)ccc1OC. The maximum absolute atomic E-state index is 5.77. The van der Waals surface area contributed by atoms with E-state index < -0.39 is 0 Å². The summed E-state index contributed by atoms with van der Waals surface area (Å²) in [5.74, 6) is 1.48. The fraction of sp³-hybridized carbons (Fsp3) is 0.400. The zero-order valence-electron chi connectivity index (χ0n) is 12.1. The van der Waals surface area contributed by atoms with Crippen molar-refractivity contribution in [3.63, 3.8) is 0 Å². The number of aromatic nitrogens is 1. The van der Waals surface area contributed by atoms with E-state index in [0.29, 0.717) is 13.2 Å². The highest BCUT2D eigenvalue weighted by atomic mass is 32.1. The number of hydrogen-bond acceptors (Lipinski definition) is 5. The van der Waals surface area contributed by atoms with Crippen LogP contribution in [0.15, 0.2) is 18.2 Å². The van der Waals surface area contributed by atoms with E-state index in [1.807, 2.05) is 25.1 Å². The van der Waals surface area contributed by atoms with E-state index in [1.165, 1.54) is 0 Å². The van der Waals surface area contributed by atoms with E-state index in [1.54, 1.807) is 18.4 Å². The lowest BCUT2D eigenvalue weighted by molar-refractivity contribution is 0.311. The van der Waals surface area contributed by atoms with Gasteiger partial charge >= 0.3 is 0 Å². The number of benzene rings is 1. The minimum absolute atomic E-state index is 0.537. The lowest BCUT2D eigenvalue weighted by Gasteiger charge is -2.10. The molecule has 0 amide bonds. The van der Waals surface area contributed by atoms with Gasteiger partial charge in [0.05, 0.1) is 19.4 Å². The highest BCUT2D eigenvalue weighted by Gasteiger charge is 2.12. The van der Waals surface area contributed by atoms with E-state index >= 15 is 0 Å². The Labute approximate surface area is 123 Å². The van der Waals surface area contributed by atoms with Crippen LogP contribution in [-0.4, -0.2) is 18.7 Å². The number of nitrogens with two attached hydrogens (primary N) is 1. The highest BCUT2D eigenvalue weighted by Crippen LogP contribution is 2.35. The third-order valence-corrected chi connectivity index (χ3v) is 4.18. The first kappa shape index (κ1) is 14.8. The molecule has 0 bridgehead atoms. The molecular formula is C15H20N2O2S. The van der Waals surface area contributed by atoms with Gasteiger partial charge in [0.15, 0.2) is 11.5 Å². The van der Waals surface area contributed by atoms with Gasteiger partial charge in [-0.3, -0.25) is 0 Å². The Morgan fingerprint density at radius 1 is 1.25 bits per heavy atom. The highest BCUT2D eigenvalue weighted by molar-refractivity contribution is 7.15. The van der Waals surface area contributed by atoms with Gasteiger partial charge in [-0.1, -0.05) is 6.92 Å². The van der Waals surface area contributed by atoms with E-state index in [-0.39, 0.29) is 0 Å². The first-order valence-electron chi connectivity index (χ1n) is 6.73. The molecule has 2 rings (SSSR count). The summed E-state index contributed by atoms with van der Waals surface area (Å²) in [7, 11) is 1.64. The van der Waals surface area contributed by atoms with Gasteiger partial charge in [0.1, 0.15) is 5.01 Å². The number of methoxy groups -OCH3 is 1. The molecule has 0 aliphatic carbocycles. The molecule has 0 saturated carbocycles. The van der Waals surface area contributed by atoms with Gasteiger partial charge in [0.25, 0.3) is 0 Å². The summed E-state index contributed by atoms with van der Waals surface area (Å²) in [4.78, 5) is 5.82. The van der Waals surface area contributed by atoms with E-state index in [9.17, 15) is 0 Å². The van der Waals surface area contributed by atoms with Crippen LogP contribution in [0.5, 0.6) is 11.5 Å². The minimum atomic E-state index is 0.537. The number of aryl methyl sites for hydroxylation is 1. The van der Waals surface area contributed by atoms with Crippen LogP contribution in [0.2, 0.25) is 0 Å². The second kappa shape index (κ2) is 6.72. The Hall–Kier alpha value is -1.59. The molecule has 2 N–H and O–H groups in total. The maximum atomic E-state index is 5.77. The van der Waals surface area contributed by atoms with Crippen molar-refractivity contribution in [1.29, 1.82) is 0 Å². The predicted octanol–water partition coefficient (Wildman–Crippen LogP) is 3.24. The smallest absolute Gasteiger partial charge is 0.161 e. The first-order valence-corrected chi connectivity index (χ1v) is 7.54. The first-order chi connectivity index (χ1) is 9.73. The van der Waals surface area contributed by atoms with Gasteiger partial charge in [-0.05, 0) is 31.5 Å². The summed E-state index contributed by atoms with van der Waals surface area (Å²) in [6.07, 6.45) is 0.900. The Morgan fingerprint density at radius 2 is 2.05 bits per heavy atom. The quantitative estimate of drug-likeness (QED) is 0.888. The number of rotatable bonds is 6. The van der Waals surface area contributed by atoms with Crippen LogP contribution >= 0.6 is 11.3 Å². The molecule has 108 valence electrons. The Balaban J connectivity index is 2.41. The molecule has 1 aromatic carbocycles. The fourth-order valence-electron chi connectivity index (χ4n) is 2.02. The molecule has 0 spiro atoms. The van der Waals surface area contributed by atoms with Crippen molar-refractivity contribution in [2.24, 2.45) is 5.73 Å². The van der Waals surface area contributed by atoms with Crippen LogP contribution in [0.1, 0.15) is 24.4 Å². The topological polar surface area (TPSA) is 57.4 Å². The van der Waals surface area contributed by atoms with Gasteiger partial charge < -0.3 is 15.2 Å². The summed E-state index contributed by atoms with van der Waals surface area (Å²) in [6, 6.07) is 5.89. The fourth-order valence-corrected chi connectivity index (χ4v) is 3.05. The molecule has 0 unspecified atom stereocenters. The third kappa shape index (κ3) is 2.94. The Kier molecular flexibility index (Phi) is 4.98. The summed E-state index contributed by atoms with van der Waals surface area (Å²) in [5.41, 5.74) is 7.89. The largest absolute Gasteiger partial charge is 0.493 e. The van der Waals surface area contributed by atoms with Gasteiger partial charge in [0, 0.05) is 17.0 Å². The Bertz CT molecular complexity index is 560. The van der Waals surface area contributed by atoms with E-state index in [2.05, 4.69) is 11.9 Å². The molecular weight excluding hydrogens is 272 g/mol. The number of nitrogens with zero attached hydrogens (tertiary/aromatic N) is 1. The Morgan fingerprint density at radius 3 is 2.60 bits per heavy atom. The molecule has 0 fully saturated rings. The average molecular weight is 292 g/mol. The van der Waals surface area contributed by atoms with Crippen molar-refractivity contribution in [2.45, 2.75) is 26.8 Å². The molecule has 0 radical (unpaired) electrons. The van der Waals surface area contributed by atoms with Crippen molar-refractivity contribution in [1.82, 2.24) is 4.98 Å². The van der Waals surface area contributed by atoms with Gasteiger partial charge in [0.2, 0.25) is 0 Å².